The number of hydrogen-bond acceptors (Lipinski definition) is 8. The lowest BCUT2D eigenvalue weighted by Gasteiger charge is -2.34. The number of nitrogens with one attached hydrogen (secondary N) is 2. The molecule has 0 radical (unpaired) electrons. The molecule has 1 aromatic carbocycles. The van der Waals surface area contributed by atoms with Crippen molar-refractivity contribution in [1.29, 1.82) is 0 Å². The van der Waals surface area contributed by atoms with E-state index in [0.717, 1.165) is 82.2 Å². The standard InChI is InChI=1S/C23H31BrF2N6O4S/c24-15-12-17(25)16(18(26)13-15)14-36-21-19(20(27)34)22(37-30-21)29-23(35)28-4-2-1-3-5-31-6-8-32(9-7-31)10-11-33/h12-13,33H,1-11,14H2,(H2,27,34)(H2,28,29,35). The molecule has 1 saturated heterocycles. The van der Waals surface area contributed by atoms with E-state index in [1.807, 2.05) is 0 Å². The Labute approximate surface area is 226 Å². The summed E-state index contributed by atoms with van der Waals surface area (Å²) in [6, 6.07) is 1.66. The summed E-state index contributed by atoms with van der Waals surface area (Å²) in [5, 5.41) is 14.4. The number of ether oxygens (including phenoxy) is 1. The van der Waals surface area contributed by atoms with E-state index < -0.39 is 30.2 Å². The summed E-state index contributed by atoms with van der Waals surface area (Å²) >= 11 is 3.78. The van der Waals surface area contributed by atoms with Crippen LogP contribution in [0, 0.1) is 11.6 Å². The topological polar surface area (TPSA) is 133 Å². The van der Waals surface area contributed by atoms with Crippen LogP contribution in [-0.4, -0.2) is 83.6 Å². The van der Waals surface area contributed by atoms with Crippen molar-refractivity contribution in [3.8, 4) is 5.88 Å². The van der Waals surface area contributed by atoms with Crippen molar-refractivity contribution in [2.75, 3.05) is 57.7 Å². The van der Waals surface area contributed by atoms with Crippen LogP contribution in [0.25, 0.3) is 0 Å². The summed E-state index contributed by atoms with van der Waals surface area (Å²) in [7, 11) is 0. The number of nitrogens with zero attached hydrogens (tertiary/aromatic N) is 3. The number of nitrogens with two attached hydrogens (primary N) is 1. The molecular weight excluding hydrogens is 574 g/mol. The number of anilines is 1. The van der Waals surface area contributed by atoms with Crippen LogP contribution in [0.3, 0.4) is 0 Å². The van der Waals surface area contributed by atoms with E-state index in [1.165, 1.54) is 0 Å². The molecule has 37 heavy (non-hydrogen) atoms. The molecule has 204 valence electrons. The summed E-state index contributed by atoms with van der Waals surface area (Å²) in [4.78, 5) is 28.9. The number of carbonyl (C=O) groups excluding carboxylic acids is 2. The van der Waals surface area contributed by atoms with Crippen LogP contribution in [0.2, 0.25) is 0 Å². The first-order valence-electron chi connectivity index (χ1n) is 11.9. The van der Waals surface area contributed by atoms with Gasteiger partial charge in [-0.1, -0.05) is 22.4 Å². The summed E-state index contributed by atoms with van der Waals surface area (Å²) < 4.78 is 37.6. The average molecular weight is 606 g/mol. The number of urea groups is 1. The van der Waals surface area contributed by atoms with Crippen molar-refractivity contribution < 1.29 is 28.2 Å². The highest BCUT2D eigenvalue weighted by Gasteiger charge is 2.23. The second-order valence-corrected chi connectivity index (χ2v) is 10.2. The smallest absolute Gasteiger partial charge is 0.319 e. The highest BCUT2D eigenvalue weighted by Crippen LogP contribution is 2.31. The normalized spacial score (nSPS) is 14.5. The van der Waals surface area contributed by atoms with Crippen molar-refractivity contribution in [1.82, 2.24) is 19.5 Å². The maximum Gasteiger partial charge on any atom is 0.319 e. The third-order valence-corrected chi connectivity index (χ3v) is 7.11. The second kappa shape index (κ2) is 14.5. The number of carbonyl (C=O) groups is 2. The lowest BCUT2D eigenvalue weighted by molar-refractivity contribution is 0.0996. The molecule has 1 fully saturated rings. The quantitative estimate of drug-likeness (QED) is 0.258. The molecule has 1 aliphatic rings. The third-order valence-electron chi connectivity index (χ3n) is 5.91. The molecule has 0 spiro atoms. The molecule has 0 bridgehead atoms. The predicted molar refractivity (Wildman–Crippen MR) is 140 cm³/mol. The Morgan fingerprint density at radius 2 is 1.76 bits per heavy atom. The molecule has 0 aliphatic carbocycles. The minimum Gasteiger partial charge on any atom is -0.471 e. The van der Waals surface area contributed by atoms with Crippen LogP contribution < -0.4 is 21.1 Å². The van der Waals surface area contributed by atoms with Crippen LogP contribution >= 0.6 is 27.5 Å². The van der Waals surface area contributed by atoms with Crippen LogP contribution in [0.5, 0.6) is 5.88 Å². The highest BCUT2D eigenvalue weighted by molar-refractivity contribution is 9.10. The zero-order chi connectivity index (χ0) is 26.8. The van der Waals surface area contributed by atoms with Crippen LogP contribution in [-0.2, 0) is 6.61 Å². The fraction of sp³-hybridized carbons (Fsp3) is 0.522. The fourth-order valence-electron chi connectivity index (χ4n) is 3.89. The Kier molecular flexibility index (Phi) is 11.4. The maximum absolute atomic E-state index is 14.0. The largest absolute Gasteiger partial charge is 0.471 e. The summed E-state index contributed by atoms with van der Waals surface area (Å²) in [5.41, 5.74) is 4.93. The van der Waals surface area contributed by atoms with Crippen molar-refractivity contribution >= 4 is 44.4 Å². The van der Waals surface area contributed by atoms with Gasteiger partial charge in [0.1, 0.15) is 28.8 Å². The van der Waals surface area contributed by atoms with E-state index >= 15 is 0 Å². The summed E-state index contributed by atoms with van der Waals surface area (Å²) in [5.74, 6) is -2.75. The SMILES string of the molecule is NC(=O)c1c(OCc2c(F)cc(Br)cc2F)nsc1NC(=O)NCCCCCN1CCN(CCO)CC1. The van der Waals surface area contributed by atoms with Gasteiger partial charge < -0.3 is 25.8 Å². The van der Waals surface area contributed by atoms with E-state index in [2.05, 4.69) is 40.7 Å². The zero-order valence-corrected chi connectivity index (χ0v) is 22.7. The Bertz CT molecular complexity index is 1040. The number of hydrogen-bond donors (Lipinski definition) is 4. The van der Waals surface area contributed by atoms with E-state index in [1.54, 1.807) is 0 Å². The van der Waals surface area contributed by atoms with Gasteiger partial charge in [-0.15, -0.1) is 0 Å². The van der Waals surface area contributed by atoms with Gasteiger partial charge in [0.05, 0.1) is 12.2 Å². The third kappa shape index (κ3) is 8.85. The van der Waals surface area contributed by atoms with Gasteiger partial charge in [0.2, 0.25) is 5.88 Å². The van der Waals surface area contributed by atoms with Gasteiger partial charge in [-0.25, -0.2) is 13.6 Å². The molecule has 1 aliphatic heterocycles. The maximum atomic E-state index is 14.0. The summed E-state index contributed by atoms with van der Waals surface area (Å²) in [6.07, 6.45) is 2.76. The van der Waals surface area contributed by atoms with Gasteiger partial charge in [-0.2, -0.15) is 4.37 Å². The molecule has 0 saturated carbocycles. The number of amides is 3. The van der Waals surface area contributed by atoms with Gasteiger partial charge >= 0.3 is 6.03 Å². The number of benzene rings is 1. The molecule has 2 heterocycles. The minimum absolute atomic E-state index is 0.0806. The Morgan fingerprint density at radius 3 is 2.38 bits per heavy atom. The van der Waals surface area contributed by atoms with Gasteiger partial charge in [-0.05, 0) is 43.1 Å². The van der Waals surface area contributed by atoms with E-state index in [-0.39, 0.29) is 33.1 Å². The molecule has 10 nitrogen and oxygen atoms in total. The number of piperazine rings is 1. The molecule has 3 amide bonds. The van der Waals surface area contributed by atoms with E-state index in [0.29, 0.717) is 6.54 Å². The minimum atomic E-state index is -0.895. The van der Waals surface area contributed by atoms with E-state index in [4.69, 9.17) is 15.6 Å². The number of aromatic nitrogens is 1. The second-order valence-electron chi connectivity index (χ2n) is 8.54. The van der Waals surface area contributed by atoms with Gasteiger partial charge in [0, 0.05) is 43.7 Å². The Hall–Kier alpha value is -2.39. The molecule has 5 N–H and O–H groups in total. The first kappa shape index (κ1) is 29.2. The highest BCUT2D eigenvalue weighted by atomic mass is 79.9. The van der Waals surface area contributed by atoms with Crippen molar-refractivity contribution in [3.63, 3.8) is 0 Å². The molecule has 1 aromatic heterocycles. The molecule has 14 heteroatoms. The molecular formula is C23H31BrF2N6O4S. The number of unbranched alkanes of at least 4 members (excludes halogenated alkanes) is 2. The van der Waals surface area contributed by atoms with E-state index in [9.17, 15) is 18.4 Å². The lowest BCUT2D eigenvalue weighted by atomic mass is 10.2. The number of rotatable bonds is 13. The number of aliphatic hydroxyl groups is 1. The number of halogens is 3. The van der Waals surface area contributed by atoms with Crippen LogP contribution in [0.15, 0.2) is 16.6 Å². The monoisotopic (exact) mass is 604 g/mol. The van der Waals surface area contributed by atoms with Gasteiger partial charge in [-0.3, -0.25) is 15.0 Å². The fourth-order valence-corrected chi connectivity index (χ4v) is 5.03. The molecule has 0 unspecified atom stereocenters. The van der Waals surface area contributed by atoms with Gasteiger partial charge in [0.15, 0.2) is 0 Å². The Balaban J connectivity index is 1.40. The number of primary amides is 1. The Morgan fingerprint density at radius 1 is 1.11 bits per heavy atom. The summed E-state index contributed by atoms with van der Waals surface area (Å²) in [6.45, 7) is 5.79. The lowest BCUT2D eigenvalue weighted by Crippen LogP contribution is -2.47. The first-order chi connectivity index (χ1) is 17.8. The molecule has 3 rings (SSSR count). The molecule has 0 atom stereocenters. The zero-order valence-electron chi connectivity index (χ0n) is 20.3. The van der Waals surface area contributed by atoms with Crippen molar-refractivity contribution in [2.45, 2.75) is 25.9 Å². The predicted octanol–water partition coefficient (Wildman–Crippen LogP) is 2.76. The van der Waals surface area contributed by atoms with Crippen molar-refractivity contribution in [3.05, 3.63) is 39.4 Å². The number of aliphatic hydroxyl groups excluding tert-OH is 1. The molecule has 2 aromatic rings. The van der Waals surface area contributed by atoms with Crippen molar-refractivity contribution in [2.24, 2.45) is 5.73 Å². The van der Waals surface area contributed by atoms with Crippen LogP contribution in [0.4, 0.5) is 18.6 Å². The average Bonchev–Trinajstić information content (AvgIpc) is 3.24. The first-order valence-corrected chi connectivity index (χ1v) is 13.5. The van der Waals surface area contributed by atoms with Crippen LogP contribution in [0.1, 0.15) is 35.2 Å². The number of β-amino-alcohol motifs (C(OH)–C–C–N with tert-alkyl or cyclic N) is 1. The van der Waals surface area contributed by atoms with Gasteiger partial charge in [0.25, 0.3) is 5.91 Å².